The zero-order chi connectivity index (χ0) is 19.7. The van der Waals surface area contributed by atoms with Crippen LogP contribution in [-0.4, -0.2) is 33.5 Å². The second-order valence-electron chi connectivity index (χ2n) is 6.15. The maximum absolute atomic E-state index is 12.7. The summed E-state index contributed by atoms with van der Waals surface area (Å²) in [6.45, 7) is 0. The summed E-state index contributed by atoms with van der Waals surface area (Å²) in [6, 6.07) is 12.2. The Hall–Kier alpha value is -4.00. The number of nitrogens with two attached hydrogens (primary N) is 1. The lowest BCUT2D eigenvalue weighted by atomic mass is 9.99. The van der Waals surface area contributed by atoms with E-state index >= 15 is 0 Å². The first-order valence-corrected chi connectivity index (χ1v) is 8.48. The molecule has 1 amide bonds. The minimum absolute atomic E-state index is 0.217. The molecule has 138 valence electrons. The van der Waals surface area contributed by atoms with Crippen LogP contribution in [0.4, 0.5) is 0 Å². The van der Waals surface area contributed by atoms with Gasteiger partial charge in [0.05, 0.1) is 18.2 Å². The molecule has 0 aliphatic carbocycles. The maximum atomic E-state index is 12.7. The number of aromatic nitrogens is 3. The summed E-state index contributed by atoms with van der Waals surface area (Å²) >= 11 is 0. The minimum atomic E-state index is -0.557. The van der Waals surface area contributed by atoms with E-state index in [1.165, 1.54) is 17.9 Å². The largest absolute Gasteiger partial charge is 0.497 e. The second-order valence-corrected chi connectivity index (χ2v) is 6.15. The summed E-state index contributed by atoms with van der Waals surface area (Å²) in [5.74, 6) is -0.233. The first kappa shape index (κ1) is 17.4. The van der Waals surface area contributed by atoms with Crippen molar-refractivity contribution in [3.05, 3.63) is 78.4 Å². The predicted octanol–water partition coefficient (Wildman–Crippen LogP) is 2.89. The topological polar surface area (TPSA) is 100 Å². The molecule has 28 heavy (non-hydrogen) atoms. The quantitative estimate of drug-likeness (QED) is 0.594. The van der Waals surface area contributed by atoms with E-state index in [2.05, 4.69) is 9.97 Å². The van der Waals surface area contributed by atoms with E-state index in [4.69, 9.17) is 10.5 Å². The van der Waals surface area contributed by atoms with E-state index in [0.29, 0.717) is 28.1 Å². The van der Waals surface area contributed by atoms with Gasteiger partial charge in [-0.15, -0.1) is 0 Å². The average Bonchev–Trinajstić information content (AvgIpc) is 3.16. The lowest BCUT2D eigenvalue weighted by Crippen LogP contribution is -2.13. The van der Waals surface area contributed by atoms with E-state index in [0.717, 1.165) is 10.9 Å². The number of rotatable bonds is 4. The van der Waals surface area contributed by atoms with Gasteiger partial charge in [0, 0.05) is 35.7 Å². The Morgan fingerprint density at radius 3 is 2.68 bits per heavy atom. The minimum Gasteiger partial charge on any atom is -0.497 e. The molecule has 0 bridgehead atoms. The van der Waals surface area contributed by atoms with E-state index in [9.17, 15) is 9.59 Å². The Kier molecular flexibility index (Phi) is 4.33. The number of ether oxygens (including phenoxy) is 1. The van der Waals surface area contributed by atoms with Gasteiger partial charge in [0.25, 0.3) is 5.91 Å². The lowest BCUT2D eigenvalue weighted by molar-refractivity contribution is 0.0962. The highest BCUT2D eigenvalue weighted by Gasteiger charge is 2.16. The van der Waals surface area contributed by atoms with Crippen LogP contribution in [0.25, 0.3) is 22.2 Å². The molecule has 7 nitrogen and oxygen atoms in total. The average molecular weight is 372 g/mol. The van der Waals surface area contributed by atoms with E-state index in [-0.39, 0.29) is 5.91 Å². The molecule has 1 aromatic carbocycles. The van der Waals surface area contributed by atoms with Crippen molar-refractivity contribution >= 4 is 22.8 Å². The zero-order valence-corrected chi connectivity index (χ0v) is 15.0. The molecule has 7 heteroatoms. The van der Waals surface area contributed by atoms with Gasteiger partial charge in [-0.05, 0) is 48.0 Å². The standard InChI is InChI=1S/C21H16N4O3/c1-28-16-4-5-17(18(10-16)19(22)26)15-9-13-6-8-25(20(13)24-12-15)21(27)14-3-2-7-23-11-14/h2-12H,1H3,(H2,22,26). The molecule has 0 atom stereocenters. The van der Waals surface area contributed by atoms with Crippen molar-refractivity contribution in [1.82, 2.24) is 14.5 Å². The first-order chi connectivity index (χ1) is 13.6. The molecule has 0 spiro atoms. The Morgan fingerprint density at radius 2 is 1.96 bits per heavy atom. The van der Waals surface area contributed by atoms with Crippen LogP contribution in [0.5, 0.6) is 5.75 Å². The first-order valence-electron chi connectivity index (χ1n) is 8.48. The van der Waals surface area contributed by atoms with Crippen molar-refractivity contribution in [1.29, 1.82) is 0 Å². The van der Waals surface area contributed by atoms with Crippen molar-refractivity contribution in [3.8, 4) is 16.9 Å². The number of methoxy groups -OCH3 is 1. The van der Waals surface area contributed by atoms with E-state index in [1.807, 2.05) is 6.07 Å². The van der Waals surface area contributed by atoms with Gasteiger partial charge in [-0.25, -0.2) is 4.98 Å². The summed E-state index contributed by atoms with van der Waals surface area (Å²) in [4.78, 5) is 33.0. The number of fused-ring (bicyclic) bond motifs is 1. The molecular formula is C21H16N4O3. The molecular weight excluding hydrogens is 356 g/mol. The molecule has 0 unspecified atom stereocenters. The van der Waals surface area contributed by atoms with Crippen molar-refractivity contribution in [2.45, 2.75) is 0 Å². The van der Waals surface area contributed by atoms with Gasteiger partial charge in [-0.1, -0.05) is 0 Å². The highest BCUT2D eigenvalue weighted by molar-refractivity contribution is 6.03. The third kappa shape index (κ3) is 2.99. The maximum Gasteiger partial charge on any atom is 0.265 e. The number of carbonyl (C=O) groups excluding carboxylic acids is 2. The number of hydrogen-bond donors (Lipinski definition) is 1. The van der Waals surface area contributed by atoms with Crippen LogP contribution in [0.1, 0.15) is 20.7 Å². The van der Waals surface area contributed by atoms with Gasteiger partial charge in [0.2, 0.25) is 5.91 Å². The number of hydrogen-bond acceptors (Lipinski definition) is 5. The Balaban J connectivity index is 1.79. The molecule has 3 heterocycles. The van der Waals surface area contributed by atoms with Crippen LogP contribution in [0, 0.1) is 0 Å². The number of primary amides is 1. The summed E-state index contributed by atoms with van der Waals surface area (Å²) in [7, 11) is 1.52. The van der Waals surface area contributed by atoms with Gasteiger partial charge in [0.1, 0.15) is 11.4 Å². The summed E-state index contributed by atoms with van der Waals surface area (Å²) in [5.41, 5.74) is 8.22. The highest BCUT2D eigenvalue weighted by atomic mass is 16.5. The van der Waals surface area contributed by atoms with E-state index < -0.39 is 5.91 Å². The number of nitrogens with zero attached hydrogens (tertiary/aromatic N) is 3. The van der Waals surface area contributed by atoms with E-state index in [1.54, 1.807) is 55.0 Å². The van der Waals surface area contributed by atoms with Crippen molar-refractivity contribution in [3.63, 3.8) is 0 Å². The third-order valence-electron chi connectivity index (χ3n) is 4.46. The fourth-order valence-corrected chi connectivity index (χ4v) is 3.07. The molecule has 0 aliphatic heterocycles. The fraction of sp³-hybridized carbons (Fsp3) is 0.0476. The molecule has 4 rings (SSSR count). The zero-order valence-electron chi connectivity index (χ0n) is 15.0. The fourth-order valence-electron chi connectivity index (χ4n) is 3.07. The van der Waals surface area contributed by atoms with Gasteiger partial charge in [0.15, 0.2) is 0 Å². The number of benzene rings is 1. The Labute approximate surface area is 160 Å². The molecule has 0 radical (unpaired) electrons. The van der Waals surface area contributed by atoms with Crippen LogP contribution in [0.3, 0.4) is 0 Å². The molecule has 0 saturated heterocycles. The predicted molar refractivity (Wildman–Crippen MR) is 104 cm³/mol. The lowest BCUT2D eigenvalue weighted by Gasteiger charge is -2.10. The number of amides is 1. The number of carbonyl (C=O) groups is 2. The Bertz CT molecular complexity index is 1200. The second kappa shape index (κ2) is 6.96. The molecule has 3 aromatic heterocycles. The van der Waals surface area contributed by atoms with Crippen molar-refractivity contribution in [2.75, 3.05) is 7.11 Å². The third-order valence-corrected chi connectivity index (χ3v) is 4.46. The van der Waals surface area contributed by atoms with Gasteiger partial charge < -0.3 is 10.5 Å². The molecule has 0 aliphatic rings. The summed E-state index contributed by atoms with van der Waals surface area (Å²) in [5, 5.41) is 0.765. The monoisotopic (exact) mass is 372 g/mol. The molecule has 0 saturated carbocycles. The van der Waals surface area contributed by atoms with Crippen LogP contribution in [-0.2, 0) is 0 Å². The van der Waals surface area contributed by atoms with Crippen LogP contribution >= 0.6 is 0 Å². The van der Waals surface area contributed by atoms with Gasteiger partial charge in [-0.3, -0.25) is 19.1 Å². The van der Waals surface area contributed by atoms with Crippen LogP contribution < -0.4 is 10.5 Å². The SMILES string of the molecule is COc1ccc(-c2cnc3c(ccn3C(=O)c3cccnc3)c2)c(C(N)=O)c1. The smallest absolute Gasteiger partial charge is 0.265 e. The van der Waals surface area contributed by atoms with Crippen LogP contribution in [0.15, 0.2) is 67.3 Å². The van der Waals surface area contributed by atoms with Gasteiger partial charge >= 0.3 is 0 Å². The van der Waals surface area contributed by atoms with Gasteiger partial charge in [-0.2, -0.15) is 0 Å². The number of pyridine rings is 2. The molecule has 4 aromatic rings. The molecule has 2 N–H and O–H groups in total. The highest BCUT2D eigenvalue weighted by Crippen LogP contribution is 2.29. The summed E-state index contributed by atoms with van der Waals surface area (Å²) < 4.78 is 6.64. The van der Waals surface area contributed by atoms with Crippen molar-refractivity contribution < 1.29 is 14.3 Å². The normalized spacial score (nSPS) is 10.8. The van der Waals surface area contributed by atoms with Crippen molar-refractivity contribution in [2.24, 2.45) is 5.73 Å². The Morgan fingerprint density at radius 1 is 1.11 bits per heavy atom. The summed E-state index contributed by atoms with van der Waals surface area (Å²) in [6.07, 6.45) is 6.41. The van der Waals surface area contributed by atoms with Crippen LogP contribution in [0.2, 0.25) is 0 Å². The molecule has 0 fully saturated rings.